The van der Waals surface area contributed by atoms with Crippen LogP contribution in [0.4, 0.5) is 11.6 Å². The second kappa shape index (κ2) is 6.15. The summed E-state index contributed by atoms with van der Waals surface area (Å²) in [5.74, 6) is -0.566. The molecular formula is C10H12ClN3O3. The maximum atomic E-state index is 11.4. The molecule has 1 heterocycles. The van der Waals surface area contributed by atoms with Gasteiger partial charge in [0.2, 0.25) is 5.91 Å². The molecule has 6 nitrogen and oxygen atoms in total. The molecule has 0 saturated carbocycles. The molecule has 0 unspecified atom stereocenters. The molecule has 0 radical (unpaired) electrons. The zero-order valence-electron chi connectivity index (χ0n) is 9.27. The zero-order valence-corrected chi connectivity index (χ0v) is 10.0. The van der Waals surface area contributed by atoms with Gasteiger partial charge in [-0.3, -0.25) is 10.1 Å². The van der Waals surface area contributed by atoms with Gasteiger partial charge < -0.3 is 10.1 Å². The fourth-order valence-electron chi connectivity index (χ4n) is 1.15. The summed E-state index contributed by atoms with van der Waals surface area (Å²) in [6, 6.07) is 2.52. The van der Waals surface area contributed by atoms with Crippen molar-refractivity contribution in [3.63, 3.8) is 0 Å². The molecule has 1 aromatic rings. The van der Waals surface area contributed by atoms with Crippen molar-refractivity contribution in [1.29, 1.82) is 0 Å². The van der Waals surface area contributed by atoms with E-state index in [9.17, 15) is 14.9 Å². The molecule has 0 saturated heterocycles. The van der Waals surface area contributed by atoms with Crippen molar-refractivity contribution in [3.8, 4) is 0 Å². The first-order valence-electron chi connectivity index (χ1n) is 5.15. The molecule has 0 aromatic carbocycles. The normalized spacial score (nSPS) is 10.0. The van der Waals surface area contributed by atoms with E-state index >= 15 is 0 Å². The van der Waals surface area contributed by atoms with Gasteiger partial charge in [0.15, 0.2) is 0 Å². The van der Waals surface area contributed by atoms with Gasteiger partial charge in [-0.1, -0.05) is 24.9 Å². The van der Waals surface area contributed by atoms with E-state index in [1.54, 1.807) is 0 Å². The lowest BCUT2D eigenvalue weighted by molar-refractivity contribution is -0.389. The van der Waals surface area contributed by atoms with Gasteiger partial charge in [-0.15, -0.1) is 0 Å². The molecule has 92 valence electrons. The number of halogens is 1. The largest absolute Gasteiger partial charge is 0.365 e. The number of amides is 1. The van der Waals surface area contributed by atoms with Crippen molar-refractivity contribution in [2.75, 3.05) is 5.32 Å². The molecule has 7 heteroatoms. The van der Waals surface area contributed by atoms with Crippen LogP contribution in [0.25, 0.3) is 0 Å². The van der Waals surface area contributed by atoms with E-state index in [1.165, 1.54) is 12.1 Å². The summed E-state index contributed by atoms with van der Waals surface area (Å²) in [5, 5.41) is 13.1. The van der Waals surface area contributed by atoms with Crippen molar-refractivity contribution < 1.29 is 9.72 Å². The van der Waals surface area contributed by atoms with Crippen LogP contribution >= 0.6 is 11.6 Å². The minimum atomic E-state index is -0.641. The Morgan fingerprint density at radius 3 is 2.88 bits per heavy atom. The second-order valence-corrected chi connectivity index (χ2v) is 3.82. The Balaban J connectivity index is 2.79. The van der Waals surface area contributed by atoms with Crippen LogP contribution in [0.1, 0.15) is 26.2 Å². The highest BCUT2D eigenvalue weighted by Crippen LogP contribution is 2.22. The Morgan fingerprint density at radius 2 is 2.29 bits per heavy atom. The predicted octanol–water partition coefficient (Wildman–Crippen LogP) is 2.77. The van der Waals surface area contributed by atoms with Crippen LogP contribution in [-0.2, 0) is 4.79 Å². The lowest BCUT2D eigenvalue weighted by Crippen LogP contribution is -2.13. The average Bonchev–Trinajstić information content (AvgIpc) is 2.29. The maximum Gasteiger partial charge on any atom is 0.365 e. The average molecular weight is 258 g/mol. The second-order valence-electron chi connectivity index (χ2n) is 3.41. The van der Waals surface area contributed by atoms with Crippen LogP contribution in [0.15, 0.2) is 12.1 Å². The van der Waals surface area contributed by atoms with Crippen LogP contribution in [0.3, 0.4) is 0 Å². The molecule has 1 aromatic heterocycles. The van der Waals surface area contributed by atoms with E-state index in [1.807, 2.05) is 6.92 Å². The monoisotopic (exact) mass is 257 g/mol. The Morgan fingerprint density at radius 1 is 1.59 bits per heavy atom. The lowest BCUT2D eigenvalue weighted by atomic mass is 10.2. The number of hydrogen-bond acceptors (Lipinski definition) is 4. The number of rotatable bonds is 5. The Kier molecular flexibility index (Phi) is 4.84. The number of nitrogens with zero attached hydrogens (tertiary/aromatic N) is 2. The number of hydrogen-bond donors (Lipinski definition) is 1. The van der Waals surface area contributed by atoms with Gasteiger partial charge >= 0.3 is 5.82 Å². The minimum Gasteiger partial charge on any atom is -0.358 e. The van der Waals surface area contributed by atoms with E-state index in [0.717, 1.165) is 12.8 Å². The van der Waals surface area contributed by atoms with Crippen molar-refractivity contribution in [3.05, 3.63) is 27.3 Å². The quantitative estimate of drug-likeness (QED) is 0.649. The van der Waals surface area contributed by atoms with Crippen LogP contribution in [0.2, 0.25) is 5.02 Å². The van der Waals surface area contributed by atoms with E-state index in [4.69, 9.17) is 11.6 Å². The molecule has 0 atom stereocenters. The van der Waals surface area contributed by atoms with E-state index in [2.05, 4.69) is 10.3 Å². The molecule has 0 fully saturated rings. The number of unbranched alkanes of at least 4 members (excludes halogenated alkanes) is 1. The lowest BCUT2D eigenvalue weighted by Gasteiger charge is -2.02. The van der Waals surface area contributed by atoms with Crippen molar-refractivity contribution in [1.82, 2.24) is 4.98 Å². The van der Waals surface area contributed by atoms with Gasteiger partial charge in [-0.2, -0.15) is 0 Å². The van der Waals surface area contributed by atoms with E-state index < -0.39 is 4.92 Å². The third-order valence-electron chi connectivity index (χ3n) is 2.03. The van der Waals surface area contributed by atoms with E-state index in [0.29, 0.717) is 6.42 Å². The fraction of sp³-hybridized carbons (Fsp3) is 0.400. The smallest absolute Gasteiger partial charge is 0.358 e. The van der Waals surface area contributed by atoms with Gasteiger partial charge in [-0.05, 0) is 22.4 Å². The topological polar surface area (TPSA) is 85.1 Å². The summed E-state index contributed by atoms with van der Waals surface area (Å²) in [6.45, 7) is 1.96. The van der Waals surface area contributed by atoms with Gasteiger partial charge in [0.05, 0.1) is 0 Å². The number of carbonyl (C=O) groups is 1. The van der Waals surface area contributed by atoms with Gasteiger partial charge in [0.25, 0.3) is 5.82 Å². The number of carbonyl (C=O) groups excluding carboxylic acids is 1. The molecule has 0 aliphatic heterocycles. The summed E-state index contributed by atoms with van der Waals surface area (Å²) in [7, 11) is 0. The number of nitro groups is 1. The molecule has 0 aliphatic rings. The predicted molar refractivity (Wildman–Crippen MR) is 64.1 cm³/mol. The fourth-order valence-corrected chi connectivity index (χ4v) is 1.31. The summed E-state index contributed by atoms with van der Waals surface area (Å²) in [6.07, 6.45) is 1.99. The molecule has 1 rings (SSSR count). The molecule has 17 heavy (non-hydrogen) atoms. The highest BCUT2D eigenvalue weighted by Gasteiger charge is 2.16. The summed E-state index contributed by atoms with van der Waals surface area (Å²) < 4.78 is 0. The van der Waals surface area contributed by atoms with Gasteiger partial charge in [0.1, 0.15) is 5.02 Å². The Hall–Kier alpha value is -1.69. The Bertz CT molecular complexity index is 437. The maximum absolute atomic E-state index is 11.4. The SMILES string of the molecule is CCCCC(=O)Nc1nc([N+](=O)[O-])ccc1Cl. The van der Waals surface area contributed by atoms with Crippen molar-refractivity contribution >= 4 is 29.1 Å². The van der Waals surface area contributed by atoms with Crippen molar-refractivity contribution in [2.45, 2.75) is 26.2 Å². The molecule has 1 amide bonds. The number of pyridine rings is 1. The molecule has 0 bridgehead atoms. The van der Waals surface area contributed by atoms with Gasteiger partial charge in [0, 0.05) is 12.5 Å². The number of aromatic nitrogens is 1. The first-order valence-corrected chi connectivity index (χ1v) is 5.53. The number of anilines is 1. The first-order chi connectivity index (χ1) is 8.04. The van der Waals surface area contributed by atoms with Crippen LogP contribution in [0, 0.1) is 10.1 Å². The summed E-state index contributed by atoms with van der Waals surface area (Å²) in [4.78, 5) is 25.0. The third kappa shape index (κ3) is 3.99. The highest BCUT2D eigenvalue weighted by molar-refractivity contribution is 6.33. The highest BCUT2D eigenvalue weighted by atomic mass is 35.5. The van der Waals surface area contributed by atoms with Crippen LogP contribution in [0.5, 0.6) is 0 Å². The van der Waals surface area contributed by atoms with E-state index in [-0.39, 0.29) is 22.6 Å². The minimum absolute atomic E-state index is 0.0296. The zero-order chi connectivity index (χ0) is 12.8. The first kappa shape index (κ1) is 13.4. The molecule has 1 N–H and O–H groups in total. The molecular weight excluding hydrogens is 246 g/mol. The molecule has 0 aliphatic carbocycles. The van der Waals surface area contributed by atoms with Crippen molar-refractivity contribution in [2.24, 2.45) is 0 Å². The molecule has 0 spiro atoms. The summed E-state index contributed by atoms with van der Waals surface area (Å²) >= 11 is 5.78. The van der Waals surface area contributed by atoms with Crippen LogP contribution in [-0.4, -0.2) is 15.8 Å². The number of nitrogens with one attached hydrogen (secondary N) is 1. The van der Waals surface area contributed by atoms with Crippen LogP contribution < -0.4 is 5.32 Å². The summed E-state index contributed by atoms with van der Waals surface area (Å²) in [5.41, 5.74) is 0. The standard InChI is InChI=1S/C10H12ClN3O3/c1-2-3-4-9(15)13-10-7(11)5-6-8(12-10)14(16)17/h5-6H,2-4H2,1H3,(H,12,13,15). The van der Waals surface area contributed by atoms with Gasteiger partial charge in [-0.25, -0.2) is 0 Å². The third-order valence-corrected chi connectivity index (χ3v) is 2.34. The Labute approximate surface area is 103 Å².